The summed E-state index contributed by atoms with van der Waals surface area (Å²) in [7, 11) is 0. The zero-order valence-corrected chi connectivity index (χ0v) is 19.9. The van der Waals surface area contributed by atoms with Gasteiger partial charge in [0.15, 0.2) is 5.76 Å². The number of carboxylic acid groups (broad SMARTS) is 1. The highest BCUT2D eigenvalue weighted by Crippen LogP contribution is 2.31. The van der Waals surface area contributed by atoms with Crippen LogP contribution in [0.25, 0.3) is 11.3 Å². The third kappa shape index (κ3) is 7.27. The lowest BCUT2D eigenvalue weighted by molar-refractivity contribution is -0.125. The SMILES string of the molecule is NCCNC(=O)CC(NCc1ncc(-c2cc(Cl)ccc2Cl)o1)C(=O)Nc1ccccc1C(=O)O. The smallest absolute Gasteiger partial charge is 0.337 e. The zero-order chi connectivity index (χ0) is 25.4. The molecular weight excluding hydrogens is 497 g/mol. The van der Waals surface area contributed by atoms with E-state index in [2.05, 4.69) is 20.9 Å². The number of nitrogens with two attached hydrogens (primary N) is 1. The number of halogens is 2. The average Bonchev–Trinajstić information content (AvgIpc) is 3.30. The van der Waals surface area contributed by atoms with Crippen molar-refractivity contribution in [3.05, 3.63) is 70.2 Å². The van der Waals surface area contributed by atoms with Crippen LogP contribution in [0.15, 0.2) is 53.1 Å². The molecule has 0 aliphatic carbocycles. The number of oxazole rings is 1. The van der Waals surface area contributed by atoms with Crippen molar-refractivity contribution in [1.29, 1.82) is 0 Å². The van der Waals surface area contributed by atoms with Gasteiger partial charge in [-0.3, -0.25) is 14.9 Å². The first-order chi connectivity index (χ1) is 16.8. The maximum atomic E-state index is 13.0. The van der Waals surface area contributed by atoms with E-state index in [1.54, 1.807) is 30.3 Å². The predicted octanol–water partition coefficient (Wildman–Crippen LogP) is 2.91. The monoisotopic (exact) mass is 519 g/mol. The summed E-state index contributed by atoms with van der Waals surface area (Å²) in [4.78, 5) is 40.9. The van der Waals surface area contributed by atoms with Crippen LogP contribution in [-0.2, 0) is 16.1 Å². The van der Waals surface area contributed by atoms with E-state index in [0.717, 1.165) is 0 Å². The molecule has 0 bridgehead atoms. The van der Waals surface area contributed by atoms with Crippen molar-refractivity contribution in [2.45, 2.75) is 19.0 Å². The van der Waals surface area contributed by atoms with Crippen molar-refractivity contribution in [2.24, 2.45) is 5.73 Å². The van der Waals surface area contributed by atoms with Crippen molar-refractivity contribution in [2.75, 3.05) is 18.4 Å². The van der Waals surface area contributed by atoms with Crippen molar-refractivity contribution in [3.8, 4) is 11.3 Å². The molecule has 3 rings (SSSR count). The number of carbonyl (C=O) groups excluding carboxylic acids is 2. The van der Waals surface area contributed by atoms with Crippen molar-refractivity contribution in [1.82, 2.24) is 15.6 Å². The summed E-state index contributed by atoms with van der Waals surface area (Å²) < 4.78 is 5.73. The molecule has 0 saturated heterocycles. The second kappa shape index (κ2) is 12.3. The van der Waals surface area contributed by atoms with E-state index in [1.165, 1.54) is 18.3 Å². The lowest BCUT2D eigenvalue weighted by Crippen LogP contribution is -2.44. The highest BCUT2D eigenvalue weighted by atomic mass is 35.5. The topological polar surface area (TPSA) is 160 Å². The molecule has 1 unspecified atom stereocenters. The van der Waals surface area contributed by atoms with Gasteiger partial charge < -0.3 is 25.9 Å². The van der Waals surface area contributed by atoms with Crippen LogP contribution in [0.4, 0.5) is 5.69 Å². The molecule has 35 heavy (non-hydrogen) atoms. The minimum atomic E-state index is -1.20. The third-order valence-electron chi connectivity index (χ3n) is 4.83. The van der Waals surface area contributed by atoms with Crippen LogP contribution in [-0.4, -0.2) is 47.0 Å². The van der Waals surface area contributed by atoms with Gasteiger partial charge in [0.2, 0.25) is 17.7 Å². The van der Waals surface area contributed by atoms with E-state index in [1.807, 2.05) is 0 Å². The number of aromatic carboxylic acids is 1. The van der Waals surface area contributed by atoms with E-state index < -0.39 is 23.8 Å². The lowest BCUT2D eigenvalue weighted by atomic mass is 10.1. The first-order valence-electron chi connectivity index (χ1n) is 10.5. The van der Waals surface area contributed by atoms with E-state index in [9.17, 15) is 19.5 Å². The summed E-state index contributed by atoms with van der Waals surface area (Å²) >= 11 is 12.2. The van der Waals surface area contributed by atoms with Crippen molar-refractivity contribution in [3.63, 3.8) is 0 Å². The lowest BCUT2D eigenvalue weighted by Gasteiger charge is -2.18. The molecule has 184 valence electrons. The molecule has 1 atom stereocenters. The number of para-hydroxylation sites is 1. The van der Waals surface area contributed by atoms with Gasteiger partial charge >= 0.3 is 5.97 Å². The molecule has 2 aromatic carbocycles. The summed E-state index contributed by atoms with van der Waals surface area (Å²) in [6, 6.07) is 9.85. The van der Waals surface area contributed by atoms with E-state index >= 15 is 0 Å². The van der Waals surface area contributed by atoms with Gasteiger partial charge in [0.05, 0.1) is 41.5 Å². The largest absolute Gasteiger partial charge is 0.478 e. The molecule has 6 N–H and O–H groups in total. The maximum absolute atomic E-state index is 13.0. The first kappa shape index (κ1) is 26.2. The van der Waals surface area contributed by atoms with Gasteiger partial charge in [-0.1, -0.05) is 35.3 Å². The fraction of sp³-hybridized carbons (Fsp3) is 0.217. The third-order valence-corrected chi connectivity index (χ3v) is 5.40. The predicted molar refractivity (Wildman–Crippen MR) is 131 cm³/mol. The number of aromatic nitrogens is 1. The summed E-state index contributed by atoms with van der Waals surface area (Å²) in [5.41, 5.74) is 5.99. The molecule has 2 amide bonds. The molecular formula is C23H23Cl2N5O5. The molecule has 0 spiro atoms. The van der Waals surface area contributed by atoms with Crippen LogP contribution in [0.5, 0.6) is 0 Å². The van der Waals surface area contributed by atoms with Gasteiger partial charge in [-0.15, -0.1) is 0 Å². The quantitative estimate of drug-likeness (QED) is 0.258. The Labute approximate surface area is 210 Å². The summed E-state index contributed by atoms with van der Waals surface area (Å²) in [5.74, 6) is -1.59. The van der Waals surface area contributed by atoms with Gasteiger partial charge in [0.1, 0.15) is 0 Å². The van der Waals surface area contributed by atoms with Crippen LogP contribution >= 0.6 is 23.2 Å². The van der Waals surface area contributed by atoms with Gasteiger partial charge in [-0.2, -0.15) is 0 Å². The average molecular weight is 520 g/mol. The molecule has 1 heterocycles. The van der Waals surface area contributed by atoms with Gasteiger partial charge in [-0.25, -0.2) is 9.78 Å². The second-order valence-corrected chi connectivity index (χ2v) is 8.20. The highest BCUT2D eigenvalue weighted by molar-refractivity contribution is 6.35. The fourth-order valence-electron chi connectivity index (χ4n) is 3.14. The first-order valence-corrected chi connectivity index (χ1v) is 11.3. The number of nitrogens with one attached hydrogen (secondary N) is 3. The van der Waals surface area contributed by atoms with Crippen LogP contribution in [0.3, 0.4) is 0 Å². The Morgan fingerprint density at radius 3 is 2.66 bits per heavy atom. The Kier molecular flexibility index (Phi) is 9.21. The number of hydrogen-bond donors (Lipinski definition) is 5. The minimum absolute atomic E-state index is 0.00101. The number of carbonyl (C=O) groups is 3. The summed E-state index contributed by atoms with van der Waals surface area (Å²) in [5, 5.41) is 18.4. The summed E-state index contributed by atoms with van der Waals surface area (Å²) in [6.07, 6.45) is 1.25. The van der Waals surface area contributed by atoms with E-state index in [0.29, 0.717) is 21.4 Å². The number of benzene rings is 2. The van der Waals surface area contributed by atoms with Crippen molar-refractivity contribution < 1.29 is 23.9 Å². The Morgan fingerprint density at radius 2 is 1.91 bits per heavy atom. The molecule has 0 aliphatic heterocycles. The van der Waals surface area contributed by atoms with Gasteiger partial charge in [0.25, 0.3) is 0 Å². The van der Waals surface area contributed by atoms with Crippen LogP contribution in [0, 0.1) is 0 Å². The second-order valence-electron chi connectivity index (χ2n) is 7.36. The Hall–Kier alpha value is -3.44. The number of anilines is 1. The molecule has 12 heteroatoms. The van der Waals surface area contributed by atoms with E-state index in [4.69, 9.17) is 33.4 Å². The molecule has 1 aromatic heterocycles. The van der Waals surface area contributed by atoms with E-state index in [-0.39, 0.29) is 43.2 Å². The van der Waals surface area contributed by atoms with Gasteiger partial charge in [-0.05, 0) is 30.3 Å². The molecule has 10 nitrogen and oxygen atoms in total. The standard InChI is InChI=1S/C23H23Cl2N5O5/c24-13-5-6-16(25)15(9-13)19-11-29-21(35-19)12-28-18(10-20(31)27-8-7-26)22(32)30-17-4-2-1-3-14(17)23(33)34/h1-6,9,11,18,28H,7-8,10,12,26H2,(H,27,31)(H,30,32)(H,33,34). The molecule has 0 radical (unpaired) electrons. The molecule has 0 saturated carbocycles. The number of hydrogen-bond acceptors (Lipinski definition) is 7. The number of carboxylic acids is 1. The summed E-state index contributed by atoms with van der Waals surface area (Å²) in [6.45, 7) is 0.493. The Morgan fingerprint density at radius 1 is 1.14 bits per heavy atom. The van der Waals surface area contributed by atoms with Crippen molar-refractivity contribution >= 4 is 46.7 Å². The Bertz CT molecular complexity index is 1220. The maximum Gasteiger partial charge on any atom is 0.337 e. The molecule has 0 aliphatic rings. The van der Waals surface area contributed by atoms with Crippen LogP contribution in [0.2, 0.25) is 10.0 Å². The molecule has 0 fully saturated rings. The highest BCUT2D eigenvalue weighted by Gasteiger charge is 2.24. The number of nitrogens with zero attached hydrogens (tertiary/aromatic N) is 1. The molecule has 3 aromatic rings. The van der Waals surface area contributed by atoms with Crippen LogP contribution in [0.1, 0.15) is 22.7 Å². The fourth-order valence-corrected chi connectivity index (χ4v) is 3.52. The number of rotatable bonds is 11. The van der Waals surface area contributed by atoms with Gasteiger partial charge in [0, 0.05) is 23.7 Å². The number of amides is 2. The normalized spacial score (nSPS) is 11.6. The minimum Gasteiger partial charge on any atom is -0.478 e. The van der Waals surface area contributed by atoms with Crippen LogP contribution < -0.4 is 21.7 Å². The zero-order valence-electron chi connectivity index (χ0n) is 18.4. The Balaban J connectivity index is 1.74.